The monoisotopic (exact) mass is 532 g/mol. The maximum Gasteiger partial charge on any atom is 0.471 e. The van der Waals surface area contributed by atoms with Crippen molar-refractivity contribution >= 4 is 11.8 Å². The number of amides is 2. The molecule has 6 nitrogen and oxygen atoms in total. The van der Waals surface area contributed by atoms with Gasteiger partial charge >= 0.3 is 24.2 Å². The molecule has 37 heavy (non-hydrogen) atoms. The van der Waals surface area contributed by atoms with Crippen LogP contribution in [0.15, 0.2) is 60.7 Å². The van der Waals surface area contributed by atoms with Gasteiger partial charge in [0, 0.05) is 0 Å². The topological polar surface area (TPSA) is 76.7 Å². The Morgan fingerprint density at radius 3 is 1.35 bits per heavy atom. The number of nitrogens with one attached hydrogen (secondary N) is 2. The van der Waals surface area contributed by atoms with Crippen LogP contribution in [0, 0.1) is 0 Å². The Labute approximate surface area is 209 Å². The number of carbonyl (C=O) groups excluding carboxylic acids is 2. The largest absolute Gasteiger partial charge is 0.471 e. The maximum atomic E-state index is 13.2. The summed E-state index contributed by atoms with van der Waals surface area (Å²) in [7, 11) is 0. The normalized spacial score (nSPS) is 21.2. The second kappa shape index (κ2) is 11.1. The number of alkyl halides is 6. The molecule has 3 rings (SSSR count). The van der Waals surface area contributed by atoms with Crippen molar-refractivity contribution in [3.05, 3.63) is 71.8 Å². The smallest absolute Gasteiger partial charge is 0.342 e. The Morgan fingerprint density at radius 1 is 0.730 bits per heavy atom. The summed E-state index contributed by atoms with van der Waals surface area (Å²) < 4.78 is 90.7. The van der Waals surface area contributed by atoms with Crippen molar-refractivity contribution in [3.63, 3.8) is 0 Å². The fourth-order valence-corrected chi connectivity index (χ4v) is 4.17. The molecule has 12 heteroatoms. The van der Waals surface area contributed by atoms with E-state index in [2.05, 4.69) is 0 Å². The van der Waals surface area contributed by atoms with Crippen molar-refractivity contribution < 1.29 is 45.4 Å². The third-order valence-electron chi connectivity index (χ3n) is 5.70. The average Bonchev–Trinajstić information content (AvgIpc) is 3.13. The van der Waals surface area contributed by atoms with Crippen LogP contribution in [0.25, 0.3) is 0 Å². The zero-order valence-electron chi connectivity index (χ0n) is 19.9. The predicted molar refractivity (Wildman–Crippen MR) is 120 cm³/mol. The van der Waals surface area contributed by atoms with Gasteiger partial charge in [0.15, 0.2) is 5.79 Å². The number of rotatable bonds is 8. The lowest BCUT2D eigenvalue weighted by Gasteiger charge is -2.32. The number of carbonyl (C=O) groups is 2. The van der Waals surface area contributed by atoms with E-state index in [1.165, 1.54) is 13.8 Å². The maximum absolute atomic E-state index is 13.2. The van der Waals surface area contributed by atoms with Crippen LogP contribution in [-0.2, 0) is 31.9 Å². The highest BCUT2D eigenvalue weighted by atomic mass is 19.4. The lowest BCUT2D eigenvalue weighted by atomic mass is 9.91. The van der Waals surface area contributed by atoms with Gasteiger partial charge in [0.2, 0.25) is 0 Å². The van der Waals surface area contributed by atoms with Crippen LogP contribution in [0.4, 0.5) is 26.3 Å². The molecule has 0 aromatic heterocycles. The molecule has 0 saturated carbocycles. The molecular formula is C25H26F6N2O4. The number of hydrogen-bond acceptors (Lipinski definition) is 4. The van der Waals surface area contributed by atoms with Crippen LogP contribution in [-0.4, -0.2) is 54.2 Å². The lowest BCUT2D eigenvalue weighted by molar-refractivity contribution is -0.177. The van der Waals surface area contributed by atoms with Crippen molar-refractivity contribution in [2.75, 3.05) is 0 Å². The number of ether oxygens (including phenoxy) is 2. The number of halogens is 6. The average molecular weight is 532 g/mol. The van der Waals surface area contributed by atoms with Crippen molar-refractivity contribution in [1.29, 1.82) is 0 Å². The first kappa shape index (κ1) is 28.5. The van der Waals surface area contributed by atoms with Gasteiger partial charge in [0.25, 0.3) is 0 Å². The van der Waals surface area contributed by atoms with Gasteiger partial charge in [-0.1, -0.05) is 60.7 Å². The van der Waals surface area contributed by atoms with E-state index in [-0.39, 0.29) is 12.8 Å². The van der Waals surface area contributed by atoms with Gasteiger partial charge in [-0.05, 0) is 37.8 Å². The van der Waals surface area contributed by atoms with E-state index in [9.17, 15) is 35.9 Å². The predicted octanol–water partition coefficient (Wildman–Crippen LogP) is 4.09. The highest BCUT2D eigenvalue weighted by Gasteiger charge is 2.52. The van der Waals surface area contributed by atoms with E-state index in [0.29, 0.717) is 11.1 Å². The molecule has 0 spiro atoms. The Balaban J connectivity index is 2.00. The molecular weight excluding hydrogens is 506 g/mol. The molecule has 1 fully saturated rings. The van der Waals surface area contributed by atoms with E-state index in [1.807, 2.05) is 10.6 Å². The molecule has 2 aromatic carbocycles. The van der Waals surface area contributed by atoms with Gasteiger partial charge in [-0.2, -0.15) is 26.3 Å². The first-order valence-electron chi connectivity index (χ1n) is 11.3. The second-order valence-electron chi connectivity index (χ2n) is 9.10. The molecule has 0 radical (unpaired) electrons. The van der Waals surface area contributed by atoms with Gasteiger partial charge < -0.3 is 20.1 Å². The van der Waals surface area contributed by atoms with Gasteiger partial charge in [-0.25, -0.2) is 0 Å². The third kappa shape index (κ3) is 7.93. The van der Waals surface area contributed by atoms with E-state index in [0.717, 1.165) is 0 Å². The number of hydrogen-bond donors (Lipinski definition) is 2. The zero-order valence-corrected chi connectivity index (χ0v) is 19.9. The number of benzene rings is 2. The Morgan fingerprint density at radius 2 is 1.05 bits per heavy atom. The van der Waals surface area contributed by atoms with Crippen LogP contribution in [0.5, 0.6) is 0 Å². The molecule has 2 aromatic rings. The Hall–Kier alpha value is -3.12. The lowest BCUT2D eigenvalue weighted by Crippen LogP contribution is -2.58. The first-order chi connectivity index (χ1) is 17.2. The molecule has 0 aliphatic carbocycles. The summed E-state index contributed by atoms with van der Waals surface area (Å²) in [5, 5.41) is 3.83. The van der Waals surface area contributed by atoms with E-state index in [4.69, 9.17) is 9.47 Å². The van der Waals surface area contributed by atoms with Crippen molar-refractivity contribution in [2.45, 2.75) is 69.1 Å². The van der Waals surface area contributed by atoms with Gasteiger partial charge in [-0.3, -0.25) is 9.59 Å². The minimum Gasteiger partial charge on any atom is -0.342 e. The van der Waals surface area contributed by atoms with Crippen LogP contribution in [0.3, 0.4) is 0 Å². The molecule has 2 unspecified atom stereocenters. The Kier molecular flexibility index (Phi) is 8.53. The SMILES string of the molecule is CC1(C)OC([C@@H](Cc2ccccc2)NC(=O)C(F)(F)F)C([C@@H](Cc2ccccc2)NC(=O)C(F)(F)F)O1. The standard InChI is InChI=1S/C25H26F6N2O4/c1-23(2)36-19(17(32-21(34)24(26,27)28)13-15-9-5-3-6-10-15)20(37-23)18(33-22(35)25(29,30)31)14-16-11-7-4-8-12-16/h3-12,17-20H,13-14H2,1-2H3,(H,32,34)(H,33,35)/t17-,18-,19?,20?/m1/s1. The van der Waals surface area contributed by atoms with Crippen LogP contribution < -0.4 is 10.6 Å². The summed E-state index contributed by atoms with van der Waals surface area (Å²) in [4.78, 5) is 23.8. The van der Waals surface area contributed by atoms with E-state index >= 15 is 0 Å². The fraction of sp³-hybridized carbons (Fsp3) is 0.440. The fourth-order valence-electron chi connectivity index (χ4n) is 4.17. The molecule has 0 bridgehead atoms. The molecule has 2 N–H and O–H groups in total. The summed E-state index contributed by atoms with van der Waals surface area (Å²) in [6.07, 6.45) is -13.4. The van der Waals surface area contributed by atoms with E-state index in [1.54, 1.807) is 60.7 Å². The summed E-state index contributed by atoms with van der Waals surface area (Å²) in [5.74, 6) is -5.91. The summed E-state index contributed by atoms with van der Waals surface area (Å²) in [6.45, 7) is 2.88. The van der Waals surface area contributed by atoms with Crippen LogP contribution >= 0.6 is 0 Å². The first-order valence-corrected chi connectivity index (χ1v) is 11.3. The molecule has 1 heterocycles. The minimum absolute atomic E-state index is 0.144. The second-order valence-corrected chi connectivity index (χ2v) is 9.10. The van der Waals surface area contributed by atoms with Crippen LogP contribution in [0.1, 0.15) is 25.0 Å². The highest BCUT2D eigenvalue weighted by molar-refractivity contribution is 5.82. The summed E-state index contributed by atoms with van der Waals surface area (Å²) >= 11 is 0. The highest BCUT2D eigenvalue weighted by Crippen LogP contribution is 2.34. The molecule has 1 aliphatic rings. The van der Waals surface area contributed by atoms with Gasteiger partial charge in [-0.15, -0.1) is 0 Å². The molecule has 2 amide bonds. The molecule has 202 valence electrons. The van der Waals surface area contributed by atoms with Crippen LogP contribution in [0.2, 0.25) is 0 Å². The van der Waals surface area contributed by atoms with Gasteiger partial charge in [0.05, 0.1) is 12.1 Å². The van der Waals surface area contributed by atoms with Crippen molar-refractivity contribution in [1.82, 2.24) is 10.6 Å². The molecule has 4 atom stereocenters. The summed E-state index contributed by atoms with van der Waals surface area (Å²) in [5.41, 5.74) is 1.09. The van der Waals surface area contributed by atoms with E-state index < -0.39 is 54.2 Å². The van der Waals surface area contributed by atoms with Crippen molar-refractivity contribution in [2.24, 2.45) is 0 Å². The third-order valence-corrected chi connectivity index (χ3v) is 5.70. The van der Waals surface area contributed by atoms with Gasteiger partial charge in [0.1, 0.15) is 12.2 Å². The molecule has 1 aliphatic heterocycles. The zero-order chi connectivity index (χ0) is 27.4. The minimum atomic E-state index is -5.21. The van der Waals surface area contributed by atoms with Crippen molar-refractivity contribution in [3.8, 4) is 0 Å². The Bertz CT molecular complexity index is 977. The summed E-state index contributed by atoms with van der Waals surface area (Å²) in [6, 6.07) is 13.7. The molecule has 1 saturated heterocycles. The quantitative estimate of drug-likeness (QED) is 0.503.